The van der Waals surface area contributed by atoms with Gasteiger partial charge in [-0.25, -0.2) is 4.98 Å². The number of aliphatic hydroxyl groups is 3. The maximum absolute atomic E-state index is 10.4. The molecule has 11 heteroatoms. The fourth-order valence-electron chi connectivity index (χ4n) is 3.35. The monoisotopic (exact) mass is 500 g/mol. The predicted molar refractivity (Wildman–Crippen MR) is 110 cm³/mol. The van der Waals surface area contributed by atoms with Crippen molar-refractivity contribution in [3.63, 3.8) is 0 Å². The van der Waals surface area contributed by atoms with E-state index in [0.717, 1.165) is 11.4 Å². The summed E-state index contributed by atoms with van der Waals surface area (Å²) in [4.78, 5) is 10.8. The molecule has 28 heavy (non-hydrogen) atoms. The van der Waals surface area contributed by atoms with E-state index in [9.17, 15) is 15.3 Å². The Kier molecular flexibility index (Phi) is 5.42. The van der Waals surface area contributed by atoms with Crippen LogP contribution in [-0.4, -0.2) is 60.9 Å². The summed E-state index contributed by atoms with van der Waals surface area (Å²) in [6, 6.07) is 7.49. The number of benzene rings is 1. The van der Waals surface area contributed by atoms with E-state index in [1.807, 2.05) is 24.3 Å². The molecule has 150 valence electrons. The van der Waals surface area contributed by atoms with Crippen LogP contribution < -0.4 is 21.4 Å². The van der Waals surface area contributed by atoms with E-state index in [4.69, 9.17) is 10.5 Å². The van der Waals surface area contributed by atoms with Gasteiger partial charge in [-0.05, 0) is 17.7 Å². The molecule has 0 saturated carbocycles. The van der Waals surface area contributed by atoms with Crippen LogP contribution in [0.5, 0.6) is 0 Å². The summed E-state index contributed by atoms with van der Waals surface area (Å²) in [7, 11) is 0. The van der Waals surface area contributed by atoms with Crippen molar-refractivity contribution in [2.45, 2.75) is 31.1 Å². The van der Waals surface area contributed by atoms with Crippen LogP contribution >= 0.6 is 22.9 Å². The Hall–Kier alpha value is -1.93. The Bertz CT molecular complexity index is 921. The number of nitrogens with two attached hydrogens (primary N) is 1. The largest absolute Gasteiger partial charge is 0.399 e. The van der Waals surface area contributed by atoms with Crippen molar-refractivity contribution in [2.75, 3.05) is 29.2 Å². The summed E-state index contributed by atoms with van der Waals surface area (Å²) in [5.74, 6) is 0.724. The van der Waals surface area contributed by atoms with Gasteiger partial charge in [0.1, 0.15) is 36.1 Å². The Labute approximate surface area is 174 Å². The third-order valence-electron chi connectivity index (χ3n) is 4.84. The first-order chi connectivity index (χ1) is 13.5. The lowest BCUT2D eigenvalue weighted by Crippen LogP contribution is -2.44. The van der Waals surface area contributed by atoms with Crippen LogP contribution in [-0.2, 0) is 11.3 Å². The first kappa shape index (κ1) is 19.4. The molecule has 2 aliphatic heterocycles. The van der Waals surface area contributed by atoms with Gasteiger partial charge in [-0.1, -0.05) is 12.1 Å². The van der Waals surface area contributed by atoms with E-state index in [0.29, 0.717) is 30.1 Å². The second-order valence-corrected chi connectivity index (χ2v) is 7.71. The molecule has 0 bridgehead atoms. The third-order valence-corrected chi connectivity index (χ3v) is 5.55. The van der Waals surface area contributed by atoms with Gasteiger partial charge >= 0.3 is 0 Å². The number of fused-ring (bicyclic) bond motifs is 1. The molecule has 0 amide bonds. The van der Waals surface area contributed by atoms with Crippen LogP contribution in [0.15, 0.2) is 35.6 Å². The quantitative estimate of drug-likeness (QED) is 0.277. The van der Waals surface area contributed by atoms with E-state index in [1.54, 1.807) is 14.0 Å². The highest BCUT2D eigenvalue weighted by Gasteiger charge is 2.47. The van der Waals surface area contributed by atoms with Gasteiger partial charge in [-0.15, -0.1) is 0 Å². The normalized spacial score (nSPS) is 27.1. The molecule has 2 aliphatic rings. The van der Waals surface area contributed by atoms with Gasteiger partial charge < -0.3 is 36.0 Å². The predicted octanol–water partition coefficient (Wildman–Crippen LogP) is -0.607. The number of anilines is 3. The van der Waals surface area contributed by atoms with Gasteiger partial charge in [-0.3, -0.25) is 7.77 Å². The number of hydrogen-bond donors (Lipinski definition) is 5. The molecule has 1 fully saturated rings. The summed E-state index contributed by atoms with van der Waals surface area (Å²) in [5.41, 5.74) is 8.67. The summed E-state index contributed by atoms with van der Waals surface area (Å²) in [6.07, 6.45) is -2.30. The lowest BCUT2D eigenvalue weighted by Gasteiger charge is -2.28. The number of rotatable bonds is 4. The molecule has 2 aromatic rings. The average Bonchev–Trinajstić information content (AvgIpc) is 3.25. The topological polar surface area (TPSA) is 141 Å². The fraction of sp³-hybridized carbons (Fsp3) is 0.412. The molecule has 1 aromatic carbocycles. The molecular weight excluding hydrogens is 479 g/mol. The highest BCUT2D eigenvalue weighted by Crippen LogP contribution is 2.35. The lowest BCUT2D eigenvalue weighted by molar-refractivity contribution is -0.0220. The second-order valence-electron chi connectivity index (χ2n) is 6.67. The van der Waals surface area contributed by atoms with E-state index in [2.05, 4.69) is 38.2 Å². The minimum Gasteiger partial charge on any atom is -0.399 e. The van der Waals surface area contributed by atoms with E-state index < -0.39 is 24.5 Å². The molecule has 6 N–H and O–H groups in total. The van der Waals surface area contributed by atoms with Crippen LogP contribution in [0.3, 0.4) is 0 Å². The number of ether oxygens (including phenoxy) is 1. The van der Waals surface area contributed by atoms with Crippen LogP contribution in [0.1, 0.15) is 5.56 Å². The van der Waals surface area contributed by atoms with E-state index >= 15 is 0 Å². The number of aromatic nitrogens is 2. The van der Waals surface area contributed by atoms with E-state index in [1.165, 1.54) is 0 Å². The standard InChI is InChI=1S/C17H21IN6O4/c18-24-8-22-15(20-5-9-1-3-10(19)4-2-9)12-16(24)23(7-21-12)17-14(27)13(26)11(6-25)28-17/h1-4,8,11,13-14,17,21,25-27H,5-7,19H2/t11-,13-,14-,17-/m1/s1. The molecule has 0 aliphatic carbocycles. The van der Waals surface area contributed by atoms with Gasteiger partial charge in [0.25, 0.3) is 0 Å². The smallest absolute Gasteiger partial charge is 0.176 e. The maximum Gasteiger partial charge on any atom is 0.176 e. The molecule has 3 heterocycles. The summed E-state index contributed by atoms with van der Waals surface area (Å²) >= 11 is 2.08. The number of nitrogen functional groups attached to an aromatic ring is 1. The first-order valence-corrected chi connectivity index (χ1v) is 9.71. The second kappa shape index (κ2) is 7.83. The van der Waals surface area contributed by atoms with Gasteiger partial charge in [0.15, 0.2) is 11.7 Å². The van der Waals surface area contributed by atoms with Gasteiger partial charge in [0.05, 0.1) is 42.7 Å². The minimum atomic E-state index is -1.15. The number of halogens is 1. The molecule has 1 aromatic heterocycles. The van der Waals surface area contributed by atoms with Crippen LogP contribution in [0.2, 0.25) is 0 Å². The van der Waals surface area contributed by atoms with Crippen molar-refractivity contribution >= 4 is 40.1 Å². The van der Waals surface area contributed by atoms with Gasteiger partial charge in [0, 0.05) is 5.69 Å². The van der Waals surface area contributed by atoms with E-state index in [-0.39, 0.29) is 6.61 Å². The van der Waals surface area contributed by atoms with Crippen molar-refractivity contribution in [2.24, 2.45) is 4.99 Å². The van der Waals surface area contributed by atoms with Crippen molar-refractivity contribution in [1.29, 1.82) is 0 Å². The van der Waals surface area contributed by atoms with Crippen molar-refractivity contribution in [3.8, 4) is 0 Å². The van der Waals surface area contributed by atoms with Crippen molar-refractivity contribution < 1.29 is 20.1 Å². The minimum absolute atomic E-state index is 0.348. The number of nitrogens with one attached hydrogen (secondary N) is 1. The van der Waals surface area contributed by atoms with Crippen LogP contribution in [0.4, 0.5) is 17.2 Å². The van der Waals surface area contributed by atoms with Gasteiger partial charge in [0.2, 0.25) is 0 Å². The van der Waals surface area contributed by atoms with Crippen molar-refractivity contribution in [3.05, 3.63) is 41.6 Å². The highest BCUT2D eigenvalue weighted by molar-refractivity contribution is 14.1. The zero-order valence-corrected chi connectivity index (χ0v) is 17.0. The molecular formula is C17H21IN6O4. The SMILES string of the molecule is Nc1ccc(CN=c2ncn(I)c3c2NCN3[C@@H]2O[C@H](CO)[C@@H](O)[C@H]2O)cc1. The zero-order chi connectivity index (χ0) is 19.8. The molecule has 10 nitrogen and oxygen atoms in total. The summed E-state index contributed by atoms with van der Waals surface area (Å²) < 4.78 is 7.44. The fourth-order valence-corrected chi connectivity index (χ4v) is 3.99. The Morgan fingerprint density at radius 3 is 2.71 bits per heavy atom. The van der Waals surface area contributed by atoms with Crippen LogP contribution in [0, 0.1) is 0 Å². The first-order valence-electron chi connectivity index (χ1n) is 8.75. The Morgan fingerprint density at radius 2 is 2.04 bits per heavy atom. The Balaban J connectivity index is 1.64. The average molecular weight is 500 g/mol. The number of hydrogen-bond acceptors (Lipinski definition) is 9. The summed E-state index contributed by atoms with van der Waals surface area (Å²) in [5, 5.41) is 33.0. The van der Waals surface area contributed by atoms with Crippen molar-refractivity contribution in [1.82, 2.24) is 7.76 Å². The van der Waals surface area contributed by atoms with Gasteiger partial charge in [-0.2, -0.15) is 0 Å². The molecule has 4 atom stereocenters. The molecule has 0 spiro atoms. The zero-order valence-electron chi connectivity index (χ0n) is 14.8. The lowest BCUT2D eigenvalue weighted by atomic mass is 10.1. The third kappa shape index (κ3) is 3.43. The number of nitrogens with zero attached hydrogens (tertiary/aromatic N) is 4. The maximum atomic E-state index is 10.4. The Morgan fingerprint density at radius 1 is 1.29 bits per heavy atom. The van der Waals surface area contributed by atoms with Crippen LogP contribution in [0.25, 0.3) is 0 Å². The number of aliphatic hydroxyl groups excluding tert-OH is 3. The molecule has 1 saturated heterocycles. The highest BCUT2D eigenvalue weighted by atomic mass is 127. The molecule has 0 radical (unpaired) electrons. The molecule has 0 unspecified atom stereocenters. The molecule has 4 rings (SSSR count). The summed E-state index contributed by atoms with van der Waals surface area (Å²) in [6.45, 7) is 0.424.